The van der Waals surface area contributed by atoms with Gasteiger partial charge in [-0.25, -0.2) is 0 Å². The molecule has 0 aliphatic rings. The van der Waals surface area contributed by atoms with Gasteiger partial charge in [0.05, 0.1) is 6.10 Å². The summed E-state index contributed by atoms with van der Waals surface area (Å²) in [5.74, 6) is -1.50. The number of hydrogen-bond acceptors (Lipinski definition) is 5. The van der Waals surface area contributed by atoms with Gasteiger partial charge in [0.15, 0.2) is 0 Å². The van der Waals surface area contributed by atoms with Crippen LogP contribution in [0.4, 0.5) is 0 Å². The monoisotopic (exact) mass is 255 g/mol. The first-order chi connectivity index (χ1) is 8.47. The number of carboxylic acids is 1. The first-order valence-corrected chi connectivity index (χ1v) is 5.49. The minimum atomic E-state index is -0.932. The molecule has 0 aliphatic heterocycles. The predicted molar refractivity (Wildman–Crippen MR) is 63.3 cm³/mol. The fourth-order valence-corrected chi connectivity index (χ4v) is 1.02. The topological polar surface area (TPSA) is 122 Å². The zero-order valence-electron chi connectivity index (χ0n) is 10.1. The van der Waals surface area contributed by atoms with Crippen LogP contribution < -0.4 is 10.6 Å². The lowest BCUT2D eigenvalue weighted by atomic mass is 10.2. The van der Waals surface area contributed by atoms with Gasteiger partial charge in [0.2, 0.25) is 0 Å². The van der Waals surface area contributed by atoms with Gasteiger partial charge in [0, 0.05) is 25.7 Å². The van der Waals surface area contributed by atoms with Gasteiger partial charge in [0.25, 0.3) is 5.91 Å². The van der Waals surface area contributed by atoms with Crippen LogP contribution >= 0.6 is 0 Å². The summed E-state index contributed by atoms with van der Waals surface area (Å²) < 4.78 is 0. The Labute approximate surface area is 105 Å². The van der Waals surface area contributed by atoms with E-state index < -0.39 is 18.0 Å². The van der Waals surface area contributed by atoms with E-state index in [9.17, 15) is 9.59 Å². The molecule has 0 fully saturated rings. The molecule has 0 aliphatic carbocycles. The van der Waals surface area contributed by atoms with Crippen LogP contribution in [0.5, 0.6) is 0 Å². The second kappa shape index (κ2) is 9.01. The summed E-state index contributed by atoms with van der Waals surface area (Å²) >= 11 is 0. The molecule has 0 aromatic carbocycles. The molecule has 0 bridgehead atoms. The minimum absolute atomic E-state index is 0.0356. The molecule has 18 heavy (non-hydrogen) atoms. The second-order valence-electron chi connectivity index (χ2n) is 3.68. The summed E-state index contributed by atoms with van der Waals surface area (Å²) in [7, 11) is 0. The lowest BCUT2D eigenvalue weighted by Crippen LogP contribution is -2.28. The van der Waals surface area contributed by atoms with E-state index >= 15 is 0 Å². The highest BCUT2D eigenvalue weighted by Gasteiger charge is 2.08. The van der Waals surface area contributed by atoms with Crippen LogP contribution in [0, 0.1) is 11.3 Å². The number of hydrogen-bond donors (Lipinski definition) is 4. The van der Waals surface area contributed by atoms with Crippen molar-refractivity contribution in [2.24, 2.45) is 0 Å². The van der Waals surface area contributed by atoms with Gasteiger partial charge < -0.3 is 20.8 Å². The van der Waals surface area contributed by atoms with E-state index in [1.807, 2.05) is 0 Å². The van der Waals surface area contributed by atoms with Crippen LogP contribution in [-0.2, 0) is 9.59 Å². The molecule has 0 rings (SSSR count). The van der Waals surface area contributed by atoms with E-state index in [0.717, 1.165) is 0 Å². The Bertz CT molecular complexity index is 358. The average molecular weight is 255 g/mol. The summed E-state index contributed by atoms with van der Waals surface area (Å²) in [4.78, 5) is 21.7. The third kappa shape index (κ3) is 8.13. The molecule has 7 nitrogen and oxygen atoms in total. The molecule has 0 aromatic rings. The van der Waals surface area contributed by atoms with E-state index in [-0.39, 0.29) is 25.1 Å². The number of nitrogens with zero attached hydrogens (tertiary/aromatic N) is 1. The molecule has 4 N–H and O–H groups in total. The highest BCUT2D eigenvalue weighted by atomic mass is 16.4. The van der Waals surface area contributed by atoms with Crippen molar-refractivity contribution in [3.8, 4) is 6.07 Å². The number of carbonyl (C=O) groups is 2. The van der Waals surface area contributed by atoms with Crippen LogP contribution in [0.3, 0.4) is 0 Å². The third-order valence-electron chi connectivity index (χ3n) is 1.88. The fraction of sp³-hybridized carbons (Fsp3) is 0.545. The van der Waals surface area contributed by atoms with Gasteiger partial charge in [-0.15, -0.1) is 0 Å². The SMILES string of the molecule is CC(O)CN/C=C(/C#N)C(=O)NCCCC(=O)O. The van der Waals surface area contributed by atoms with E-state index in [2.05, 4.69) is 10.6 Å². The van der Waals surface area contributed by atoms with Crippen LogP contribution in [0.15, 0.2) is 11.8 Å². The van der Waals surface area contributed by atoms with E-state index in [4.69, 9.17) is 15.5 Å². The molecule has 7 heteroatoms. The smallest absolute Gasteiger partial charge is 0.303 e. The number of carbonyl (C=O) groups excluding carboxylic acids is 1. The van der Waals surface area contributed by atoms with Crippen LogP contribution in [0.2, 0.25) is 0 Å². The quantitative estimate of drug-likeness (QED) is 0.259. The summed E-state index contributed by atoms with van der Waals surface area (Å²) in [5.41, 5.74) is -0.119. The summed E-state index contributed by atoms with van der Waals surface area (Å²) in [6.45, 7) is 2.00. The number of aliphatic hydroxyl groups excluding tert-OH is 1. The largest absolute Gasteiger partial charge is 0.481 e. The van der Waals surface area contributed by atoms with Crippen molar-refractivity contribution >= 4 is 11.9 Å². The highest BCUT2D eigenvalue weighted by molar-refractivity contribution is 5.97. The van der Waals surface area contributed by atoms with Crippen LogP contribution in [-0.4, -0.2) is 41.3 Å². The molecule has 1 unspecified atom stereocenters. The maximum absolute atomic E-state index is 11.4. The molecule has 0 saturated heterocycles. The average Bonchev–Trinajstić information content (AvgIpc) is 2.29. The maximum atomic E-state index is 11.4. The fourth-order valence-electron chi connectivity index (χ4n) is 1.02. The number of carboxylic acid groups (broad SMARTS) is 1. The lowest BCUT2D eigenvalue weighted by molar-refractivity contribution is -0.137. The Balaban J connectivity index is 4.04. The van der Waals surface area contributed by atoms with Crippen molar-refractivity contribution in [3.63, 3.8) is 0 Å². The summed E-state index contributed by atoms with van der Waals surface area (Å²) in [6.07, 6.45) is 0.909. The lowest BCUT2D eigenvalue weighted by Gasteiger charge is -2.05. The van der Waals surface area contributed by atoms with Crippen LogP contribution in [0.1, 0.15) is 19.8 Å². The molecule has 1 atom stereocenters. The molecule has 100 valence electrons. The third-order valence-corrected chi connectivity index (χ3v) is 1.88. The van der Waals surface area contributed by atoms with E-state index in [0.29, 0.717) is 6.42 Å². The van der Waals surface area contributed by atoms with Crippen molar-refractivity contribution in [3.05, 3.63) is 11.8 Å². The van der Waals surface area contributed by atoms with Crippen molar-refractivity contribution in [1.29, 1.82) is 5.26 Å². The maximum Gasteiger partial charge on any atom is 0.303 e. The molecule has 0 radical (unpaired) electrons. The number of nitrogens with one attached hydrogen (secondary N) is 2. The Hall–Kier alpha value is -2.07. The van der Waals surface area contributed by atoms with E-state index in [1.54, 1.807) is 13.0 Å². The van der Waals surface area contributed by atoms with Gasteiger partial charge >= 0.3 is 5.97 Å². The number of aliphatic carboxylic acids is 1. The van der Waals surface area contributed by atoms with Gasteiger partial charge in [-0.05, 0) is 13.3 Å². The Morgan fingerprint density at radius 3 is 2.67 bits per heavy atom. The molecule has 0 heterocycles. The van der Waals surface area contributed by atoms with Crippen molar-refractivity contribution in [1.82, 2.24) is 10.6 Å². The van der Waals surface area contributed by atoms with Crippen molar-refractivity contribution in [2.75, 3.05) is 13.1 Å². The predicted octanol–water partition coefficient (Wildman–Crippen LogP) is -0.655. The minimum Gasteiger partial charge on any atom is -0.481 e. The Morgan fingerprint density at radius 1 is 1.50 bits per heavy atom. The molecular formula is C11H17N3O4. The van der Waals surface area contributed by atoms with Gasteiger partial charge in [-0.1, -0.05) is 0 Å². The first kappa shape index (κ1) is 15.9. The molecule has 1 amide bonds. The number of rotatable bonds is 8. The van der Waals surface area contributed by atoms with Crippen molar-refractivity contribution in [2.45, 2.75) is 25.9 Å². The standard InChI is InChI=1S/C11H17N3O4/c1-8(15)6-13-7-9(5-12)11(18)14-4-2-3-10(16)17/h7-8,13,15H,2-4,6H2,1H3,(H,14,18)(H,16,17)/b9-7-. The molecule has 0 saturated carbocycles. The molecule has 0 aromatic heterocycles. The zero-order valence-corrected chi connectivity index (χ0v) is 10.1. The van der Waals surface area contributed by atoms with E-state index in [1.165, 1.54) is 6.20 Å². The number of nitriles is 1. The van der Waals surface area contributed by atoms with Crippen molar-refractivity contribution < 1.29 is 19.8 Å². The Morgan fingerprint density at radius 2 is 2.17 bits per heavy atom. The normalized spacial score (nSPS) is 12.4. The van der Waals surface area contributed by atoms with Gasteiger partial charge in [-0.3, -0.25) is 9.59 Å². The summed E-state index contributed by atoms with van der Waals surface area (Å²) in [5, 5.41) is 31.2. The second-order valence-corrected chi connectivity index (χ2v) is 3.68. The van der Waals surface area contributed by atoms with Crippen LogP contribution in [0.25, 0.3) is 0 Å². The highest BCUT2D eigenvalue weighted by Crippen LogP contribution is 1.92. The molecular weight excluding hydrogens is 238 g/mol. The number of amides is 1. The number of aliphatic hydroxyl groups is 1. The summed E-state index contributed by atoms with van der Waals surface area (Å²) in [6, 6.07) is 1.71. The molecule has 0 spiro atoms. The Kier molecular flexibility index (Phi) is 7.98. The van der Waals surface area contributed by atoms with Gasteiger partial charge in [-0.2, -0.15) is 5.26 Å². The zero-order chi connectivity index (χ0) is 14.0. The first-order valence-electron chi connectivity index (χ1n) is 5.49. The van der Waals surface area contributed by atoms with Gasteiger partial charge in [0.1, 0.15) is 11.6 Å².